The van der Waals surface area contributed by atoms with Crippen molar-refractivity contribution in [3.8, 4) is 5.75 Å². The molecule has 1 aliphatic rings. The van der Waals surface area contributed by atoms with Crippen LogP contribution in [0.3, 0.4) is 0 Å². The fourth-order valence-corrected chi connectivity index (χ4v) is 1.97. The second-order valence-electron chi connectivity index (χ2n) is 3.91. The Balaban J connectivity index is 0.000000980. The highest BCUT2D eigenvalue weighted by Crippen LogP contribution is 2.30. The second kappa shape index (κ2) is 4.20. The third-order valence-electron chi connectivity index (χ3n) is 2.87. The predicted octanol–water partition coefficient (Wildman–Crippen LogP) is 2.41. The van der Waals surface area contributed by atoms with E-state index in [-0.39, 0.29) is 17.9 Å². The first-order valence-corrected chi connectivity index (χ1v) is 4.75. The van der Waals surface area contributed by atoms with Crippen LogP contribution >= 0.6 is 12.4 Å². The molecule has 0 aliphatic carbocycles. The molecule has 14 heavy (non-hydrogen) atoms. The van der Waals surface area contributed by atoms with Crippen molar-refractivity contribution in [2.24, 2.45) is 0 Å². The topological polar surface area (TPSA) is 32.3 Å². The van der Waals surface area contributed by atoms with Crippen molar-refractivity contribution in [3.05, 3.63) is 29.8 Å². The number of halogens is 1. The summed E-state index contributed by atoms with van der Waals surface area (Å²) < 4.78 is 0. The molecule has 0 saturated carbocycles. The van der Waals surface area contributed by atoms with E-state index in [1.54, 1.807) is 12.1 Å². The van der Waals surface area contributed by atoms with E-state index in [0.29, 0.717) is 5.75 Å². The summed E-state index contributed by atoms with van der Waals surface area (Å²) in [5, 5.41) is 12.7. The van der Waals surface area contributed by atoms with Gasteiger partial charge in [0.1, 0.15) is 5.75 Å². The van der Waals surface area contributed by atoms with Gasteiger partial charge in [-0.1, -0.05) is 12.1 Å². The van der Waals surface area contributed by atoms with Gasteiger partial charge >= 0.3 is 0 Å². The summed E-state index contributed by atoms with van der Waals surface area (Å²) in [5.41, 5.74) is 1.39. The van der Waals surface area contributed by atoms with Crippen LogP contribution in [0.15, 0.2) is 24.3 Å². The number of hydrogen-bond acceptors (Lipinski definition) is 2. The molecule has 1 fully saturated rings. The van der Waals surface area contributed by atoms with Gasteiger partial charge in [0, 0.05) is 5.54 Å². The highest BCUT2D eigenvalue weighted by molar-refractivity contribution is 5.85. The van der Waals surface area contributed by atoms with Gasteiger partial charge in [-0.05, 0) is 44.0 Å². The molecule has 1 heterocycles. The summed E-state index contributed by atoms with van der Waals surface area (Å²) in [5.74, 6) is 0.338. The lowest BCUT2D eigenvalue weighted by atomic mass is 9.91. The van der Waals surface area contributed by atoms with Crippen molar-refractivity contribution in [3.63, 3.8) is 0 Å². The molecule has 0 radical (unpaired) electrons. The van der Waals surface area contributed by atoms with E-state index < -0.39 is 0 Å². The van der Waals surface area contributed by atoms with Crippen molar-refractivity contribution in [1.82, 2.24) is 5.32 Å². The Bertz CT molecular complexity index is 291. The third kappa shape index (κ3) is 2.02. The van der Waals surface area contributed by atoms with Crippen molar-refractivity contribution >= 4 is 12.4 Å². The predicted molar refractivity (Wildman–Crippen MR) is 59.9 cm³/mol. The van der Waals surface area contributed by atoms with Crippen LogP contribution in [0, 0.1) is 0 Å². The Morgan fingerprint density at radius 3 is 2.43 bits per heavy atom. The SMILES string of the molecule is CC1(c2ccc(O)cc2)CCCN1.Cl. The first-order chi connectivity index (χ1) is 6.21. The molecule has 2 nitrogen and oxygen atoms in total. The summed E-state index contributed by atoms with van der Waals surface area (Å²) in [6, 6.07) is 7.49. The van der Waals surface area contributed by atoms with E-state index in [1.165, 1.54) is 18.4 Å². The van der Waals surface area contributed by atoms with Gasteiger partial charge in [-0.25, -0.2) is 0 Å². The number of hydrogen-bond donors (Lipinski definition) is 2. The maximum atomic E-state index is 9.16. The molecule has 1 atom stereocenters. The van der Waals surface area contributed by atoms with Gasteiger partial charge in [0.15, 0.2) is 0 Å². The Kier molecular flexibility index (Phi) is 3.40. The van der Waals surface area contributed by atoms with Gasteiger partial charge in [-0.3, -0.25) is 0 Å². The fourth-order valence-electron chi connectivity index (χ4n) is 1.97. The van der Waals surface area contributed by atoms with E-state index in [0.717, 1.165) is 6.54 Å². The Labute approximate surface area is 90.7 Å². The van der Waals surface area contributed by atoms with Crippen LogP contribution in [-0.2, 0) is 5.54 Å². The Hall–Kier alpha value is -0.730. The lowest BCUT2D eigenvalue weighted by molar-refractivity contribution is 0.432. The van der Waals surface area contributed by atoms with E-state index in [9.17, 15) is 0 Å². The van der Waals surface area contributed by atoms with E-state index >= 15 is 0 Å². The average molecular weight is 214 g/mol. The van der Waals surface area contributed by atoms with Crippen LogP contribution in [0.1, 0.15) is 25.3 Å². The van der Waals surface area contributed by atoms with E-state index in [1.807, 2.05) is 12.1 Å². The molecule has 1 aliphatic heterocycles. The zero-order chi connectivity index (χ0) is 9.31. The summed E-state index contributed by atoms with van der Waals surface area (Å²) >= 11 is 0. The normalized spacial score (nSPS) is 25.8. The molecule has 2 N–H and O–H groups in total. The van der Waals surface area contributed by atoms with Gasteiger partial charge in [0.25, 0.3) is 0 Å². The molecular weight excluding hydrogens is 198 g/mol. The van der Waals surface area contributed by atoms with Crippen LogP contribution in [0.4, 0.5) is 0 Å². The molecule has 1 unspecified atom stereocenters. The fraction of sp³-hybridized carbons (Fsp3) is 0.455. The quantitative estimate of drug-likeness (QED) is 0.751. The second-order valence-corrected chi connectivity index (χ2v) is 3.91. The van der Waals surface area contributed by atoms with Gasteiger partial charge in [0.2, 0.25) is 0 Å². The van der Waals surface area contributed by atoms with Gasteiger partial charge in [0.05, 0.1) is 0 Å². The lowest BCUT2D eigenvalue weighted by Crippen LogP contribution is -2.32. The van der Waals surface area contributed by atoms with Crippen molar-refractivity contribution in [1.29, 1.82) is 0 Å². The minimum Gasteiger partial charge on any atom is -0.508 e. The highest BCUT2D eigenvalue weighted by atomic mass is 35.5. The summed E-state index contributed by atoms with van der Waals surface area (Å²) in [7, 11) is 0. The molecule has 1 aromatic carbocycles. The number of aromatic hydroxyl groups is 1. The maximum absolute atomic E-state index is 9.16. The first kappa shape index (κ1) is 11.3. The molecule has 78 valence electrons. The van der Waals surface area contributed by atoms with Crippen molar-refractivity contribution in [2.45, 2.75) is 25.3 Å². The molecular formula is C11H16ClNO. The zero-order valence-corrected chi connectivity index (χ0v) is 9.10. The van der Waals surface area contributed by atoms with Crippen LogP contribution in [-0.4, -0.2) is 11.7 Å². The Morgan fingerprint density at radius 2 is 1.93 bits per heavy atom. The molecule has 3 heteroatoms. The van der Waals surface area contributed by atoms with Gasteiger partial charge in [-0.2, -0.15) is 0 Å². The average Bonchev–Trinajstić information content (AvgIpc) is 2.54. The van der Waals surface area contributed by atoms with Crippen LogP contribution in [0.25, 0.3) is 0 Å². The third-order valence-corrected chi connectivity index (χ3v) is 2.87. The van der Waals surface area contributed by atoms with E-state index in [2.05, 4.69) is 12.2 Å². The minimum absolute atomic E-state index is 0. The molecule has 1 saturated heterocycles. The van der Waals surface area contributed by atoms with Gasteiger partial charge < -0.3 is 10.4 Å². The monoisotopic (exact) mass is 213 g/mol. The minimum atomic E-state index is 0. The Morgan fingerprint density at radius 1 is 1.29 bits per heavy atom. The number of phenolic OH excluding ortho intramolecular Hbond substituents is 1. The number of benzene rings is 1. The molecule has 0 amide bonds. The number of phenols is 1. The molecule has 0 spiro atoms. The number of rotatable bonds is 1. The first-order valence-electron chi connectivity index (χ1n) is 4.75. The molecule has 0 bridgehead atoms. The molecule has 0 aromatic heterocycles. The smallest absolute Gasteiger partial charge is 0.115 e. The number of nitrogens with one attached hydrogen (secondary N) is 1. The highest BCUT2D eigenvalue weighted by Gasteiger charge is 2.29. The lowest BCUT2D eigenvalue weighted by Gasteiger charge is -2.24. The zero-order valence-electron chi connectivity index (χ0n) is 8.29. The molecule has 1 aromatic rings. The van der Waals surface area contributed by atoms with Gasteiger partial charge in [-0.15, -0.1) is 12.4 Å². The summed E-state index contributed by atoms with van der Waals surface area (Å²) in [4.78, 5) is 0. The van der Waals surface area contributed by atoms with E-state index in [4.69, 9.17) is 5.11 Å². The summed E-state index contributed by atoms with van der Waals surface area (Å²) in [6.07, 6.45) is 2.41. The summed E-state index contributed by atoms with van der Waals surface area (Å²) in [6.45, 7) is 3.31. The van der Waals surface area contributed by atoms with Crippen molar-refractivity contribution < 1.29 is 5.11 Å². The maximum Gasteiger partial charge on any atom is 0.115 e. The van der Waals surface area contributed by atoms with Crippen LogP contribution in [0.5, 0.6) is 5.75 Å². The largest absolute Gasteiger partial charge is 0.508 e. The van der Waals surface area contributed by atoms with Crippen LogP contribution < -0.4 is 5.32 Å². The van der Waals surface area contributed by atoms with Crippen LogP contribution in [0.2, 0.25) is 0 Å². The molecule has 2 rings (SSSR count). The standard InChI is InChI=1S/C11H15NO.ClH/c1-11(7-2-8-12-11)9-3-5-10(13)6-4-9;/h3-6,12-13H,2,7-8H2,1H3;1H. The van der Waals surface area contributed by atoms with Crippen molar-refractivity contribution in [2.75, 3.05) is 6.54 Å².